The molecule has 1 aromatic rings. The van der Waals surface area contributed by atoms with Crippen LogP contribution >= 0.6 is 11.3 Å². The molecule has 0 aliphatic rings. The number of hydrogen-bond donors (Lipinski definition) is 1. The van der Waals surface area contributed by atoms with Crippen LogP contribution in [-0.2, 0) is 11.3 Å². The van der Waals surface area contributed by atoms with E-state index in [0.29, 0.717) is 19.8 Å². The van der Waals surface area contributed by atoms with Crippen LogP contribution in [0.4, 0.5) is 0 Å². The fourth-order valence-corrected chi connectivity index (χ4v) is 2.31. The number of likely N-dealkylation sites (N-methyl/N-ethyl adjacent to an activating group) is 1. The topological polar surface area (TPSA) is 45.6 Å². The van der Waals surface area contributed by atoms with Crippen LogP contribution in [0, 0.1) is 6.92 Å². The lowest BCUT2D eigenvalue weighted by molar-refractivity contribution is 0.0245. The first-order valence-electron chi connectivity index (χ1n) is 5.46. The third-order valence-electron chi connectivity index (χ3n) is 2.30. The summed E-state index contributed by atoms with van der Waals surface area (Å²) in [6.45, 7) is 6.45. The van der Waals surface area contributed by atoms with E-state index in [-0.39, 0.29) is 0 Å². The van der Waals surface area contributed by atoms with Gasteiger partial charge in [-0.3, -0.25) is 4.90 Å². The van der Waals surface area contributed by atoms with Gasteiger partial charge in [-0.25, -0.2) is 4.98 Å². The highest BCUT2D eigenvalue weighted by molar-refractivity contribution is 7.09. The lowest BCUT2D eigenvalue weighted by Gasteiger charge is -2.19. The van der Waals surface area contributed by atoms with E-state index in [4.69, 9.17) is 4.74 Å². The summed E-state index contributed by atoms with van der Waals surface area (Å²) in [5, 5.41) is 9.67. The Hall–Kier alpha value is -0.490. The van der Waals surface area contributed by atoms with Gasteiger partial charge < -0.3 is 9.84 Å². The van der Waals surface area contributed by atoms with E-state index < -0.39 is 6.10 Å². The number of hydrogen-bond acceptors (Lipinski definition) is 5. The first-order chi connectivity index (χ1) is 7.63. The summed E-state index contributed by atoms with van der Waals surface area (Å²) >= 11 is 1.66. The predicted octanol–water partition coefficient (Wildman–Crippen LogP) is 1.28. The molecular weight excluding hydrogens is 224 g/mol. The molecule has 0 radical (unpaired) electrons. The fraction of sp³-hybridized carbons (Fsp3) is 0.727. The van der Waals surface area contributed by atoms with Crippen LogP contribution in [0.3, 0.4) is 0 Å². The fourth-order valence-electron chi connectivity index (χ4n) is 1.45. The Kier molecular flexibility index (Phi) is 5.90. The second kappa shape index (κ2) is 6.96. The number of rotatable bonds is 7. The molecule has 0 amide bonds. The number of aryl methyl sites for hydroxylation is 1. The molecule has 1 heterocycles. The van der Waals surface area contributed by atoms with Gasteiger partial charge >= 0.3 is 0 Å². The lowest BCUT2D eigenvalue weighted by atomic mass is 10.3. The zero-order valence-electron chi connectivity index (χ0n) is 10.1. The van der Waals surface area contributed by atoms with E-state index in [1.807, 2.05) is 26.4 Å². The van der Waals surface area contributed by atoms with E-state index in [2.05, 4.69) is 9.88 Å². The van der Waals surface area contributed by atoms with Crippen molar-refractivity contribution in [2.45, 2.75) is 26.5 Å². The summed E-state index contributed by atoms with van der Waals surface area (Å²) in [5.41, 5.74) is 2.94. The molecular formula is C11H20N2O2S. The Bertz CT molecular complexity index is 304. The Morgan fingerprint density at radius 1 is 1.62 bits per heavy atom. The van der Waals surface area contributed by atoms with Crippen LogP contribution in [0.5, 0.6) is 0 Å². The van der Waals surface area contributed by atoms with Crippen molar-refractivity contribution in [3.8, 4) is 0 Å². The number of aliphatic hydroxyl groups excluding tert-OH is 1. The second-order valence-electron chi connectivity index (χ2n) is 3.87. The van der Waals surface area contributed by atoms with Crippen molar-refractivity contribution in [3.63, 3.8) is 0 Å². The third kappa shape index (κ3) is 4.57. The first kappa shape index (κ1) is 13.6. The predicted molar refractivity (Wildman–Crippen MR) is 65.7 cm³/mol. The van der Waals surface area contributed by atoms with Crippen LogP contribution in [0.25, 0.3) is 0 Å². The molecule has 1 atom stereocenters. The Morgan fingerprint density at radius 2 is 2.38 bits per heavy atom. The molecule has 5 heteroatoms. The maximum Gasteiger partial charge on any atom is 0.0900 e. The van der Waals surface area contributed by atoms with Crippen molar-refractivity contribution in [1.82, 2.24) is 9.88 Å². The smallest absolute Gasteiger partial charge is 0.0900 e. The second-order valence-corrected chi connectivity index (χ2v) is 4.81. The van der Waals surface area contributed by atoms with E-state index in [1.165, 1.54) is 4.88 Å². The number of thiazole rings is 1. The molecule has 92 valence electrons. The SMILES string of the molecule is CCOCC(O)CN(C)Cc1scnc1C. The van der Waals surface area contributed by atoms with Crippen molar-refractivity contribution in [3.05, 3.63) is 16.1 Å². The number of aliphatic hydroxyl groups is 1. The van der Waals surface area contributed by atoms with Gasteiger partial charge in [0, 0.05) is 24.6 Å². The molecule has 16 heavy (non-hydrogen) atoms. The molecule has 1 N–H and O–H groups in total. The standard InChI is InChI=1S/C11H20N2O2S/c1-4-15-7-10(14)5-13(3)6-11-9(2)12-8-16-11/h8,10,14H,4-7H2,1-3H3. The van der Waals surface area contributed by atoms with Crippen LogP contribution in [0.1, 0.15) is 17.5 Å². The van der Waals surface area contributed by atoms with Gasteiger partial charge in [0.15, 0.2) is 0 Å². The van der Waals surface area contributed by atoms with E-state index in [9.17, 15) is 5.11 Å². The van der Waals surface area contributed by atoms with Crippen molar-refractivity contribution < 1.29 is 9.84 Å². The van der Waals surface area contributed by atoms with Crippen LogP contribution in [-0.4, -0.2) is 47.9 Å². The molecule has 1 aromatic heterocycles. The highest BCUT2D eigenvalue weighted by Crippen LogP contribution is 2.14. The summed E-state index contributed by atoms with van der Waals surface area (Å²) in [5.74, 6) is 0. The summed E-state index contributed by atoms with van der Waals surface area (Å²) in [6.07, 6.45) is -0.418. The van der Waals surface area contributed by atoms with Gasteiger partial charge in [-0.2, -0.15) is 0 Å². The summed E-state index contributed by atoms with van der Waals surface area (Å²) in [7, 11) is 1.99. The van der Waals surface area contributed by atoms with Gasteiger partial charge in [0.2, 0.25) is 0 Å². The highest BCUT2D eigenvalue weighted by atomic mass is 32.1. The molecule has 1 rings (SSSR count). The summed E-state index contributed by atoms with van der Waals surface area (Å²) < 4.78 is 5.17. The Balaban J connectivity index is 2.30. The largest absolute Gasteiger partial charge is 0.389 e. The molecule has 0 aromatic carbocycles. The van der Waals surface area contributed by atoms with Gasteiger partial charge in [0.25, 0.3) is 0 Å². The normalized spacial score (nSPS) is 13.3. The maximum absolute atomic E-state index is 9.67. The number of aromatic nitrogens is 1. The molecule has 1 unspecified atom stereocenters. The summed E-state index contributed by atoms with van der Waals surface area (Å²) in [6, 6.07) is 0. The molecule has 0 spiro atoms. The number of ether oxygens (including phenoxy) is 1. The molecule has 4 nitrogen and oxygen atoms in total. The molecule has 0 fully saturated rings. The van der Waals surface area contributed by atoms with E-state index >= 15 is 0 Å². The Morgan fingerprint density at radius 3 is 2.94 bits per heavy atom. The lowest BCUT2D eigenvalue weighted by Crippen LogP contribution is -2.31. The third-order valence-corrected chi connectivity index (χ3v) is 3.22. The van der Waals surface area contributed by atoms with Gasteiger partial charge in [-0.15, -0.1) is 11.3 Å². The van der Waals surface area contributed by atoms with Crippen LogP contribution in [0.15, 0.2) is 5.51 Å². The molecule has 0 aliphatic carbocycles. The molecule has 0 saturated carbocycles. The zero-order chi connectivity index (χ0) is 12.0. The highest BCUT2D eigenvalue weighted by Gasteiger charge is 2.10. The van der Waals surface area contributed by atoms with Crippen molar-refractivity contribution >= 4 is 11.3 Å². The van der Waals surface area contributed by atoms with Crippen molar-refractivity contribution in [2.75, 3.05) is 26.8 Å². The molecule has 0 saturated heterocycles. The van der Waals surface area contributed by atoms with Gasteiger partial charge in [-0.05, 0) is 20.9 Å². The maximum atomic E-state index is 9.67. The molecule has 0 aliphatic heterocycles. The van der Waals surface area contributed by atoms with Gasteiger partial charge in [0.1, 0.15) is 0 Å². The van der Waals surface area contributed by atoms with Crippen molar-refractivity contribution in [2.24, 2.45) is 0 Å². The minimum Gasteiger partial charge on any atom is -0.389 e. The monoisotopic (exact) mass is 244 g/mol. The van der Waals surface area contributed by atoms with Crippen LogP contribution < -0.4 is 0 Å². The minimum atomic E-state index is -0.418. The average molecular weight is 244 g/mol. The Labute approximate surface area is 101 Å². The zero-order valence-corrected chi connectivity index (χ0v) is 11.0. The van der Waals surface area contributed by atoms with Gasteiger partial charge in [0.05, 0.1) is 23.9 Å². The first-order valence-corrected chi connectivity index (χ1v) is 6.34. The minimum absolute atomic E-state index is 0.405. The average Bonchev–Trinajstić information content (AvgIpc) is 2.61. The van der Waals surface area contributed by atoms with E-state index in [0.717, 1.165) is 12.2 Å². The molecule has 0 bridgehead atoms. The van der Waals surface area contributed by atoms with E-state index in [1.54, 1.807) is 11.3 Å². The van der Waals surface area contributed by atoms with Gasteiger partial charge in [-0.1, -0.05) is 0 Å². The van der Waals surface area contributed by atoms with Crippen molar-refractivity contribution in [1.29, 1.82) is 0 Å². The summed E-state index contributed by atoms with van der Waals surface area (Å²) in [4.78, 5) is 7.55. The number of nitrogens with zero attached hydrogens (tertiary/aromatic N) is 2. The quantitative estimate of drug-likeness (QED) is 0.785. The van der Waals surface area contributed by atoms with Crippen LogP contribution in [0.2, 0.25) is 0 Å².